The molecule has 2 rings (SSSR count). The van der Waals surface area contributed by atoms with Crippen molar-refractivity contribution in [1.29, 1.82) is 0 Å². The minimum atomic E-state index is -0.665. The Kier molecular flexibility index (Phi) is 5.86. The zero-order valence-electron chi connectivity index (χ0n) is 16.4. The molecule has 3 atom stereocenters. The first-order valence-electron chi connectivity index (χ1n) is 9.61. The zero-order valence-corrected chi connectivity index (χ0v) is 16.4. The monoisotopic (exact) mass is 346 g/mol. The Morgan fingerprint density at radius 2 is 2.12 bits per heavy atom. The van der Waals surface area contributed by atoms with Crippen molar-refractivity contribution in [2.24, 2.45) is 10.8 Å². The molecule has 2 aliphatic rings. The van der Waals surface area contributed by atoms with Crippen LogP contribution in [0.15, 0.2) is 37.0 Å². The summed E-state index contributed by atoms with van der Waals surface area (Å²) in [5.74, 6) is 0. The molecular weight excluding hydrogens is 312 g/mol. The predicted molar refractivity (Wildman–Crippen MR) is 102 cm³/mol. The molecular formula is C22H34O3. The molecule has 1 heterocycles. The maximum Gasteiger partial charge on any atom is 0.509 e. The van der Waals surface area contributed by atoms with E-state index >= 15 is 0 Å². The minimum Gasteiger partial charge on any atom is -0.423 e. The molecule has 3 nitrogen and oxygen atoms in total. The summed E-state index contributed by atoms with van der Waals surface area (Å²) in [7, 11) is 0. The second-order valence-electron chi connectivity index (χ2n) is 8.39. The van der Waals surface area contributed by atoms with Crippen LogP contribution in [-0.2, 0) is 9.47 Å². The largest absolute Gasteiger partial charge is 0.509 e. The third-order valence-corrected chi connectivity index (χ3v) is 6.26. The molecule has 1 aliphatic carbocycles. The van der Waals surface area contributed by atoms with Crippen LogP contribution in [-0.4, -0.2) is 17.9 Å². The molecule has 0 aromatic heterocycles. The first-order valence-corrected chi connectivity index (χ1v) is 9.61. The lowest BCUT2D eigenvalue weighted by Crippen LogP contribution is -2.54. The van der Waals surface area contributed by atoms with E-state index in [4.69, 9.17) is 9.47 Å². The van der Waals surface area contributed by atoms with Gasteiger partial charge in [0.15, 0.2) is 11.7 Å². The molecule has 1 saturated heterocycles. The first kappa shape index (κ1) is 19.8. The SMILES string of the molecule is C=CCC(C)(C)[C@]1(CCCC)OC(=O)O[C@H]1C1=CCCCC1(C)C=C. The van der Waals surface area contributed by atoms with E-state index in [0.29, 0.717) is 0 Å². The molecule has 0 saturated carbocycles. The highest BCUT2D eigenvalue weighted by molar-refractivity contribution is 5.65. The van der Waals surface area contributed by atoms with Crippen LogP contribution in [0.1, 0.15) is 72.6 Å². The topological polar surface area (TPSA) is 35.5 Å². The molecule has 25 heavy (non-hydrogen) atoms. The molecule has 0 radical (unpaired) electrons. The summed E-state index contributed by atoms with van der Waals surface area (Å²) in [4.78, 5) is 12.3. The molecule has 0 N–H and O–H groups in total. The fraction of sp³-hybridized carbons (Fsp3) is 0.682. The lowest BCUT2D eigenvalue weighted by atomic mass is 9.61. The standard InChI is InChI=1S/C22H34O3/c1-7-10-16-22(20(4,5)14-8-2)18(24-19(23)25-22)17-13-11-12-15-21(17,6)9-3/h8-9,13,18H,2-3,7,10-12,14-16H2,1,4-6H3/t18-,21?,22+/m0/s1. The minimum absolute atomic E-state index is 0.154. The van der Waals surface area contributed by atoms with Gasteiger partial charge in [0.1, 0.15) is 0 Å². The van der Waals surface area contributed by atoms with Gasteiger partial charge in [0.2, 0.25) is 0 Å². The van der Waals surface area contributed by atoms with Gasteiger partial charge in [0.25, 0.3) is 0 Å². The normalized spacial score (nSPS) is 32.6. The third kappa shape index (κ3) is 3.43. The average molecular weight is 347 g/mol. The number of ether oxygens (including phenoxy) is 2. The van der Waals surface area contributed by atoms with Crippen LogP contribution in [0, 0.1) is 10.8 Å². The molecule has 1 fully saturated rings. The van der Waals surface area contributed by atoms with Crippen LogP contribution in [0.2, 0.25) is 0 Å². The maximum absolute atomic E-state index is 12.3. The summed E-state index contributed by atoms with van der Waals surface area (Å²) in [5.41, 5.74) is 0.0782. The number of allylic oxidation sites excluding steroid dienone is 3. The predicted octanol–water partition coefficient (Wildman–Crippen LogP) is 6.36. The highest BCUT2D eigenvalue weighted by Gasteiger charge is 2.61. The Morgan fingerprint density at radius 1 is 1.40 bits per heavy atom. The number of carbonyl (C=O) groups is 1. The molecule has 1 aliphatic heterocycles. The van der Waals surface area contributed by atoms with Crippen molar-refractivity contribution in [2.45, 2.75) is 84.3 Å². The summed E-state index contributed by atoms with van der Waals surface area (Å²) in [6, 6.07) is 0. The van der Waals surface area contributed by atoms with Crippen molar-refractivity contribution >= 4 is 6.16 Å². The zero-order chi connectivity index (χ0) is 18.7. The third-order valence-electron chi connectivity index (χ3n) is 6.26. The number of hydrogen-bond donors (Lipinski definition) is 0. The highest BCUT2D eigenvalue weighted by Crippen LogP contribution is 2.54. The summed E-state index contributed by atoms with van der Waals surface area (Å²) >= 11 is 0. The van der Waals surface area contributed by atoms with E-state index < -0.39 is 11.8 Å². The molecule has 0 aromatic rings. The van der Waals surface area contributed by atoms with Crippen LogP contribution in [0.5, 0.6) is 0 Å². The van der Waals surface area contributed by atoms with E-state index in [9.17, 15) is 4.79 Å². The van der Waals surface area contributed by atoms with Crippen molar-refractivity contribution in [3.63, 3.8) is 0 Å². The van der Waals surface area contributed by atoms with Gasteiger partial charge in [-0.25, -0.2) is 4.79 Å². The van der Waals surface area contributed by atoms with E-state index in [2.05, 4.69) is 46.9 Å². The van der Waals surface area contributed by atoms with E-state index in [1.807, 2.05) is 12.2 Å². The van der Waals surface area contributed by atoms with Crippen molar-refractivity contribution < 1.29 is 14.3 Å². The molecule has 1 unspecified atom stereocenters. The number of carbonyl (C=O) groups excluding carboxylic acids is 1. The van der Waals surface area contributed by atoms with Crippen molar-refractivity contribution in [2.75, 3.05) is 0 Å². The number of rotatable bonds is 8. The van der Waals surface area contributed by atoms with Gasteiger partial charge in [-0.1, -0.05) is 52.3 Å². The number of unbranched alkanes of at least 4 members (excludes halogenated alkanes) is 1. The molecule has 0 amide bonds. The van der Waals surface area contributed by atoms with Gasteiger partial charge in [-0.3, -0.25) is 0 Å². The van der Waals surface area contributed by atoms with Gasteiger partial charge in [-0.15, -0.1) is 13.2 Å². The molecule has 0 spiro atoms. The Morgan fingerprint density at radius 3 is 2.72 bits per heavy atom. The Labute approximate surface area is 153 Å². The van der Waals surface area contributed by atoms with E-state index in [0.717, 1.165) is 50.5 Å². The fourth-order valence-electron chi connectivity index (χ4n) is 4.45. The van der Waals surface area contributed by atoms with E-state index in [1.165, 1.54) is 0 Å². The molecule has 0 aromatic carbocycles. The lowest BCUT2D eigenvalue weighted by Gasteiger charge is -2.47. The van der Waals surface area contributed by atoms with Crippen LogP contribution >= 0.6 is 0 Å². The Balaban J connectivity index is 2.55. The summed E-state index contributed by atoms with van der Waals surface area (Å²) in [6.07, 6.45) is 12.1. The summed E-state index contributed by atoms with van der Waals surface area (Å²) in [6.45, 7) is 16.7. The molecule has 3 heteroatoms. The van der Waals surface area contributed by atoms with Gasteiger partial charge in [0.05, 0.1) is 0 Å². The first-order chi connectivity index (χ1) is 11.8. The Hall–Kier alpha value is -1.51. The average Bonchev–Trinajstić information content (AvgIpc) is 2.91. The van der Waals surface area contributed by atoms with Crippen molar-refractivity contribution in [1.82, 2.24) is 0 Å². The number of cyclic esters (lactones) is 2. The molecule has 0 bridgehead atoms. The van der Waals surface area contributed by atoms with E-state index in [1.54, 1.807) is 0 Å². The van der Waals surface area contributed by atoms with Crippen molar-refractivity contribution in [3.05, 3.63) is 37.0 Å². The lowest BCUT2D eigenvalue weighted by molar-refractivity contribution is -0.0723. The van der Waals surface area contributed by atoms with Gasteiger partial charge >= 0.3 is 6.16 Å². The van der Waals surface area contributed by atoms with Crippen LogP contribution < -0.4 is 0 Å². The van der Waals surface area contributed by atoms with Gasteiger partial charge < -0.3 is 9.47 Å². The second kappa shape index (κ2) is 7.39. The van der Waals surface area contributed by atoms with Crippen LogP contribution in [0.4, 0.5) is 4.79 Å². The van der Waals surface area contributed by atoms with Crippen molar-refractivity contribution in [3.8, 4) is 0 Å². The maximum atomic E-state index is 12.3. The van der Waals surface area contributed by atoms with Gasteiger partial charge in [-0.05, 0) is 44.1 Å². The van der Waals surface area contributed by atoms with E-state index in [-0.39, 0.29) is 16.9 Å². The van der Waals surface area contributed by atoms with Gasteiger partial charge in [0, 0.05) is 10.8 Å². The summed E-state index contributed by atoms with van der Waals surface area (Å²) in [5, 5.41) is 0. The smallest absolute Gasteiger partial charge is 0.423 e. The second-order valence-corrected chi connectivity index (χ2v) is 8.39. The number of hydrogen-bond acceptors (Lipinski definition) is 3. The highest BCUT2D eigenvalue weighted by atomic mass is 16.8. The van der Waals surface area contributed by atoms with Gasteiger partial charge in [-0.2, -0.15) is 0 Å². The molecule has 140 valence electrons. The van der Waals surface area contributed by atoms with Crippen LogP contribution in [0.3, 0.4) is 0 Å². The quantitative estimate of drug-likeness (QED) is 0.379. The fourth-order valence-corrected chi connectivity index (χ4v) is 4.45. The summed E-state index contributed by atoms with van der Waals surface area (Å²) < 4.78 is 11.8. The van der Waals surface area contributed by atoms with Crippen LogP contribution in [0.25, 0.3) is 0 Å². The Bertz CT molecular complexity index is 560.